The van der Waals surface area contributed by atoms with Crippen LogP contribution in [-0.2, 0) is 11.2 Å². The number of hydrogen-bond donors (Lipinski definition) is 2. The molecule has 0 aliphatic carbocycles. The van der Waals surface area contributed by atoms with Gasteiger partial charge in [0.2, 0.25) is 5.91 Å². The van der Waals surface area contributed by atoms with Gasteiger partial charge in [-0.3, -0.25) is 24.4 Å². The molecule has 3 amide bonds. The lowest BCUT2D eigenvalue weighted by Gasteiger charge is -2.25. The quantitative estimate of drug-likeness (QED) is 0.424. The number of fused-ring (bicyclic) bond motifs is 1. The number of carbonyl (C=O) groups excluding carboxylic acids is 2. The molecule has 1 aliphatic rings. The molecule has 36 heavy (non-hydrogen) atoms. The molecular formula is C26H19ClFN5O3. The van der Waals surface area contributed by atoms with Gasteiger partial charge in [-0.1, -0.05) is 35.9 Å². The number of carbonyl (C=O) groups is 2. The molecule has 0 bridgehead atoms. The van der Waals surface area contributed by atoms with Crippen molar-refractivity contribution in [3.05, 3.63) is 112 Å². The maximum atomic E-state index is 14.9. The van der Waals surface area contributed by atoms with Crippen LogP contribution in [0.15, 0.2) is 90.0 Å². The minimum atomic E-state index is -0.925. The van der Waals surface area contributed by atoms with E-state index in [0.717, 1.165) is 11.6 Å². The summed E-state index contributed by atoms with van der Waals surface area (Å²) in [6.45, 7) is 0. The zero-order valence-corrected chi connectivity index (χ0v) is 19.4. The van der Waals surface area contributed by atoms with Crippen LogP contribution >= 0.6 is 11.6 Å². The highest BCUT2D eigenvalue weighted by Gasteiger charge is 2.38. The maximum absolute atomic E-state index is 14.9. The van der Waals surface area contributed by atoms with Crippen molar-refractivity contribution in [2.45, 2.75) is 12.5 Å². The van der Waals surface area contributed by atoms with E-state index in [9.17, 15) is 18.8 Å². The summed E-state index contributed by atoms with van der Waals surface area (Å²) < 4.78 is 16.2. The van der Waals surface area contributed by atoms with E-state index in [1.807, 2.05) is 12.1 Å². The van der Waals surface area contributed by atoms with E-state index < -0.39 is 23.8 Å². The Balaban J connectivity index is 1.39. The molecule has 180 valence electrons. The molecule has 10 heteroatoms. The fourth-order valence-electron chi connectivity index (χ4n) is 4.08. The molecule has 0 saturated carbocycles. The standard InChI is InChI=1S/C26H19ClFN5O3/c27-17-8-11-23(29-15-17)31-26(36)33-21-6-2-1-5-16(21)13-22(33)25(35)30-20-10-9-18(14-19(20)28)32-12-4-3-7-24(32)34/h1-12,14-15,22H,13H2,(H,30,35)(H,29,31,36)/t22-/m1/s1. The van der Waals surface area contributed by atoms with E-state index >= 15 is 0 Å². The van der Waals surface area contributed by atoms with Crippen LogP contribution < -0.4 is 21.1 Å². The number of rotatable bonds is 4. The summed E-state index contributed by atoms with van der Waals surface area (Å²) in [5.74, 6) is -1.01. The molecule has 1 atom stereocenters. The summed E-state index contributed by atoms with van der Waals surface area (Å²) >= 11 is 5.86. The second-order valence-corrected chi connectivity index (χ2v) is 8.51. The van der Waals surface area contributed by atoms with Crippen LogP contribution in [0.5, 0.6) is 0 Å². The molecule has 0 radical (unpaired) electrons. The van der Waals surface area contributed by atoms with Gasteiger partial charge >= 0.3 is 6.03 Å². The van der Waals surface area contributed by atoms with Crippen molar-refractivity contribution in [2.24, 2.45) is 0 Å². The van der Waals surface area contributed by atoms with Gasteiger partial charge in [0.1, 0.15) is 17.7 Å². The van der Waals surface area contributed by atoms with Crippen molar-refractivity contribution < 1.29 is 14.0 Å². The van der Waals surface area contributed by atoms with Gasteiger partial charge in [0.25, 0.3) is 5.56 Å². The summed E-state index contributed by atoms with van der Waals surface area (Å²) in [6.07, 6.45) is 3.18. The zero-order valence-electron chi connectivity index (χ0n) is 18.7. The van der Waals surface area contributed by atoms with Crippen molar-refractivity contribution in [1.29, 1.82) is 0 Å². The SMILES string of the molecule is O=C(Nc1ccc(-n2ccccc2=O)cc1F)[C@H]1Cc2ccccc2N1C(=O)Nc1ccc(Cl)cn1. The van der Waals surface area contributed by atoms with Crippen LogP contribution in [0.4, 0.5) is 26.4 Å². The Labute approximate surface area is 210 Å². The number of halogens is 2. The molecule has 0 fully saturated rings. The van der Waals surface area contributed by atoms with E-state index in [2.05, 4.69) is 15.6 Å². The Hall–Kier alpha value is -4.50. The second-order valence-electron chi connectivity index (χ2n) is 8.07. The van der Waals surface area contributed by atoms with Gasteiger partial charge in [-0.2, -0.15) is 0 Å². The number of nitrogens with zero attached hydrogens (tertiary/aromatic N) is 3. The molecular weight excluding hydrogens is 485 g/mol. The Morgan fingerprint density at radius 1 is 1.00 bits per heavy atom. The third-order valence-electron chi connectivity index (χ3n) is 5.77. The topological polar surface area (TPSA) is 96.3 Å². The summed E-state index contributed by atoms with van der Waals surface area (Å²) in [4.78, 5) is 43.9. The summed E-state index contributed by atoms with van der Waals surface area (Å²) in [6, 6.07) is 17.5. The fourth-order valence-corrected chi connectivity index (χ4v) is 4.19. The Bertz CT molecular complexity index is 1520. The van der Waals surface area contributed by atoms with Crippen LogP contribution in [0.25, 0.3) is 5.69 Å². The molecule has 0 spiro atoms. The minimum absolute atomic E-state index is 0.0663. The number of anilines is 3. The molecule has 2 aromatic heterocycles. The molecule has 5 rings (SSSR count). The lowest BCUT2D eigenvalue weighted by molar-refractivity contribution is -0.117. The van der Waals surface area contributed by atoms with Crippen LogP contribution in [0, 0.1) is 5.82 Å². The van der Waals surface area contributed by atoms with E-state index in [0.29, 0.717) is 16.4 Å². The number of para-hydroxylation sites is 1. The minimum Gasteiger partial charge on any atom is -0.322 e. The van der Waals surface area contributed by atoms with Gasteiger partial charge in [0.15, 0.2) is 0 Å². The van der Waals surface area contributed by atoms with Gasteiger partial charge in [-0.25, -0.2) is 14.2 Å². The molecule has 0 saturated heterocycles. The molecule has 2 aromatic carbocycles. The average Bonchev–Trinajstić information content (AvgIpc) is 3.27. The lowest BCUT2D eigenvalue weighted by atomic mass is 10.1. The van der Waals surface area contributed by atoms with E-state index in [1.165, 1.54) is 40.1 Å². The van der Waals surface area contributed by atoms with Crippen molar-refractivity contribution >= 4 is 40.7 Å². The number of aromatic nitrogens is 2. The first-order valence-corrected chi connectivity index (χ1v) is 11.4. The highest BCUT2D eigenvalue weighted by Crippen LogP contribution is 2.33. The molecule has 1 aliphatic heterocycles. The van der Waals surface area contributed by atoms with Crippen molar-refractivity contribution in [2.75, 3.05) is 15.5 Å². The second kappa shape index (κ2) is 9.63. The van der Waals surface area contributed by atoms with E-state index in [4.69, 9.17) is 11.6 Å². The fraction of sp³-hybridized carbons (Fsp3) is 0.0769. The number of urea groups is 1. The number of amides is 3. The Kier molecular flexibility index (Phi) is 6.22. The molecule has 2 N–H and O–H groups in total. The Morgan fingerprint density at radius 2 is 1.81 bits per heavy atom. The molecule has 8 nitrogen and oxygen atoms in total. The number of hydrogen-bond acceptors (Lipinski definition) is 4. The van der Waals surface area contributed by atoms with Crippen molar-refractivity contribution in [3.63, 3.8) is 0 Å². The van der Waals surface area contributed by atoms with Gasteiger partial charge < -0.3 is 5.32 Å². The van der Waals surface area contributed by atoms with Crippen LogP contribution in [0.3, 0.4) is 0 Å². The van der Waals surface area contributed by atoms with Crippen molar-refractivity contribution in [1.82, 2.24) is 9.55 Å². The predicted molar refractivity (Wildman–Crippen MR) is 135 cm³/mol. The van der Waals surface area contributed by atoms with Crippen LogP contribution in [-0.4, -0.2) is 27.5 Å². The summed E-state index contributed by atoms with van der Waals surface area (Å²) in [5, 5.41) is 5.67. The van der Waals surface area contributed by atoms with Gasteiger partial charge in [0.05, 0.1) is 16.4 Å². The van der Waals surface area contributed by atoms with Gasteiger partial charge in [-0.05, 0) is 42.0 Å². The van der Waals surface area contributed by atoms with Crippen LogP contribution in [0.2, 0.25) is 5.02 Å². The third-order valence-corrected chi connectivity index (χ3v) is 5.99. The summed E-state index contributed by atoms with van der Waals surface area (Å²) in [5.41, 5.74) is 1.32. The first kappa shape index (κ1) is 23.3. The third kappa shape index (κ3) is 4.56. The highest BCUT2D eigenvalue weighted by atomic mass is 35.5. The highest BCUT2D eigenvalue weighted by molar-refractivity contribution is 6.30. The predicted octanol–water partition coefficient (Wildman–Crippen LogP) is 4.63. The van der Waals surface area contributed by atoms with Crippen LogP contribution in [0.1, 0.15) is 5.56 Å². The number of nitrogens with one attached hydrogen (secondary N) is 2. The average molecular weight is 504 g/mol. The first-order valence-electron chi connectivity index (χ1n) is 11.0. The normalized spacial score (nSPS) is 14.3. The molecule has 4 aromatic rings. The number of pyridine rings is 2. The molecule has 3 heterocycles. The zero-order chi connectivity index (χ0) is 25.2. The first-order chi connectivity index (χ1) is 17.4. The smallest absolute Gasteiger partial charge is 0.322 e. The maximum Gasteiger partial charge on any atom is 0.328 e. The number of benzene rings is 2. The monoisotopic (exact) mass is 503 g/mol. The van der Waals surface area contributed by atoms with E-state index in [-0.39, 0.29) is 23.5 Å². The lowest BCUT2D eigenvalue weighted by Crippen LogP contribution is -2.47. The van der Waals surface area contributed by atoms with E-state index in [1.54, 1.807) is 36.4 Å². The van der Waals surface area contributed by atoms with Gasteiger partial charge in [-0.15, -0.1) is 0 Å². The van der Waals surface area contributed by atoms with Crippen molar-refractivity contribution in [3.8, 4) is 5.69 Å². The molecule has 0 unspecified atom stereocenters. The largest absolute Gasteiger partial charge is 0.328 e. The van der Waals surface area contributed by atoms with Gasteiger partial charge in [0, 0.05) is 36.6 Å². The Morgan fingerprint density at radius 3 is 2.56 bits per heavy atom. The summed E-state index contributed by atoms with van der Waals surface area (Å²) in [7, 11) is 0.